The second-order valence-corrected chi connectivity index (χ2v) is 4.19. The van der Waals surface area contributed by atoms with Gasteiger partial charge < -0.3 is 21.7 Å². The van der Waals surface area contributed by atoms with E-state index in [-0.39, 0.29) is 33.8 Å². The molecule has 0 amide bonds. The van der Waals surface area contributed by atoms with E-state index < -0.39 is 0 Å². The number of carbonyl (C=O) groups is 1. The highest BCUT2D eigenvalue weighted by molar-refractivity contribution is 7.96. The minimum atomic E-state index is -0.0779. The van der Waals surface area contributed by atoms with Gasteiger partial charge in [-0.05, 0) is 17.8 Å². The fourth-order valence-electron chi connectivity index (χ4n) is 0.438. The Morgan fingerprint density at radius 2 is 2.00 bits per heavy atom. The Morgan fingerprint density at radius 3 is 2.30 bits per heavy atom. The van der Waals surface area contributed by atoms with Gasteiger partial charge >= 0.3 is 5.97 Å². The molecule has 10 heavy (non-hydrogen) atoms. The third kappa shape index (κ3) is 8.30. The highest BCUT2D eigenvalue weighted by Gasteiger charge is 2.10. The highest BCUT2D eigenvalue weighted by atomic mass is 79.9. The van der Waals surface area contributed by atoms with Crippen molar-refractivity contribution >= 4 is 16.9 Å². The van der Waals surface area contributed by atoms with E-state index >= 15 is 0 Å². The van der Waals surface area contributed by atoms with Crippen molar-refractivity contribution in [3.63, 3.8) is 0 Å². The van der Waals surface area contributed by atoms with Crippen LogP contribution in [0.2, 0.25) is 0 Å². The van der Waals surface area contributed by atoms with E-state index in [0.717, 1.165) is 0 Å². The van der Waals surface area contributed by atoms with Gasteiger partial charge in [0, 0.05) is 0 Å². The summed E-state index contributed by atoms with van der Waals surface area (Å²) in [6.45, 7) is 2.32. The maximum atomic E-state index is 10.6. The predicted molar refractivity (Wildman–Crippen MR) is 40.7 cm³/mol. The molecule has 4 heteroatoms. The third-order valence-corrected chi connectivity index (χ3v) is 1.52. The SMILES string of the molecule is CCOC(=O)C[S+](C)C.[Br-]. The summed E-state index contributed by atoms with van der Waals surface area (Å²) in [5, 5.41) is 0. The Bertz CT molecular complexity index is 95.7. The summed E-state index contributed by atoms with van der Waals surface area (Å²) in [7, 11) is 0.178. The molecule has 0 spiro atoms. The lowest BCUT2D eigenvalue weighted by Crippen LogP contribution is -3.00. The molecule has 2 nitrogen and oxygen atoms in total. The van der Waals surface area contributed by atoms with Gasteiger partial charge in [0.25, 0.3) is 0 Å². The maximum absolute atomic E-state index is 10.6. The second kappa shape index (κ2) is 7.41. The molecule has 0 radical (unpaired) electrons. The fourth-order valence-corrected chi connectivity index (χ4v) is 0.993. The molecule has 0 atom stereocenters. The lowest BCUT2D eigenvalue weighted by atomic mass is 10.8. The minimum absolute atomic E-state index is 0. The van der Waals surface area contributed by atoms with E-state index in [1.807, 2.05) is 19.4 Å². The average molecular weight is 229 g/mol. The van der Waals surface area contributed by atoms with E-state index in [2.05, 4.69) is 0 Å². The van der Waals surface area contributed by atoms with Gasteiger partial charge in [-0.15, -0.1) is 0 Å². The normalized spacial score (nSPS) is 8.80. The Balaban J connectivity index is 0. The molecule has 0 aliphatic heterocycles. The average Bonchev–Trinajstić information content (AvgIpc) is 1.63. The Labute approximate surface area is 75.4 Å². The zero-order valence-electron chi connectivity index (χ0n) is 6.52. The molecule has 0 aromatic carbocycles. The lowest BCUT2D eigenvalue weighted by Gasteiger charge is -1.97. The van der Waals surface area contributed by atoms with Crippen LogP contribution >= 0.6 is 0 Å². The molecule has 0 aliphatic carbocycles. The first-order valence-electron chi connectivity index (χ1n) is 2.86. The Morgan fingerprint density at radius 1 is 1.50 bits per heavy atom. The molecule has 0 bridgehead atoms. The van der Waals surface area contributed by atoms with Gasteiger partial charge in [0.05, 0.1) is 19.1 Å². The Hall–Kier alpha value is 0.300. The number of carbonyl (C=O) groups excluding carboxylic acids is 1. The largest absolute Gasteiger partial charge is 1.00 e. The molecule has 0 aromatic heterocycles. The van der Waals surface area contributed by atoms with Gasteiger partial charge in [-0.1, -0.05) is 0 Å². The van der Waals surface area contributed by atoms with Crippen LogP contribution in [0.15, 0.2) is 0 Å². The van der Waals surface area contributed by atoms with E-state index in [9.17, 15) is 4.79 Å². The van der Waals surface area contributed by atoms with Crippen LogP contribution < -0.4 is 17.0 Å². The van der Waals surface area contributed by atoms with Crippen LogP contribution in [0.1, 0.15) is 6.92 Å². The van der Waals surface area contributed by atoms with Crippen molar-refractivity contribution in [3.05, 3.63) is 0 Å². The summed E-state index contributed by atoms with van der Waals surface area (Å²) in [4.78, 5) is 10.6. The van der Waals surface area contributed by atoms with E-state index in [1.165, 1.54) is 0 Å². The van der Waals surface area contributed by atoms with Crippen molar-refractivity contribution in [2.75, 3.05) is 24.9 Å². The Kier molecular flexibility index (Phi) is 9.58. The van der Waals surface area contributed by atoms with Crippen LogP contribution in [0.25, 0.3) is 0 Å². The van der Waals surface area contributed by atoms with Crippen molar-refractivity contribution < 1.29 is 26.5 Å². The predicted octanol–water partition coefficient (Wildman–Crippen LogP) is -2.57. The summed E-state index contributed by atoms with van der Waals surface area (Å²) in [6.07, 6.45) is 4.05. The molecular formula is C6H13BrO2S. The molecule has 62 valence electrons. The van der Waals surface area contributed by atoms with Gasteiger partial charge in [-0.3, -0.25) is 0 Å². The molecule has 0 heterocycles. The molecule has 0 saturated carbocycles. The monoisotopic (exact) mass is 228 g/mol. The quantitative estimate of drug-likeness (QED) is 0.393. The number of rotatable bonds is 3. The molecule has 0 aliphatic rings. The first-order valence-corrected chi connectivity index (χ1v) is 5.07. The first kappa shape index (κ1) is 12.9. The van der Waals surface area contributed by atoms with Crippen LogP contribution in [-0.2, 0) is 20.4 Å². The van der Waals surface area contributed by atoms with Crippen molar-refractivity contribution in [2.24, 2.45) is 0 Å². The van der Waals surface area contributed by atoms with Crippen molar-refractivity contribution in [1.82, 2.24) is 0 Å². The van der Waals surface area contributed by atoms with Gasteiger partial charge in [0.15, 0.2) is 0 Å². The zero-order valence-corrected chi connectivity index (χ0v) is 8.92. The maximum Gasteiger partial charge on any atom is 0.356 e. The van der Waals surface area contributed by atoms with Crippen molar-refractivity contribution in [2.45, 2.75) is 6.92 Å². The van der Waals surface area contributed by atoms with Gasteiger partial charge in [-0.25, -0.2) is 4.79 Å². The molecule has 0 N–H and O–H groups in total. The third-order valence-electron chi connectivity index (χ3n) is 0.712. The smallest absolute Gasteiger partial charge is 0.356 e. The fraction of sp³-hybridized carbons (Fsp3) is 0.833. The second-order valence-electron chi connectivity index (χ2n) is 1.93. The summed E-state index contributed by atoms with van der Waals surface area (Å²) in [6, 6.07) is 0. The molecule has 0 fully saturated rings. The van der Waals surface area contributed by atoms with Gasteiger partial charge in [0.1, 0.15) is 0 Å². The van der Waals surface area contributed by atoms with Gasteiger partial charge in [0.2, 0.25) is 5.75 Å². The first-order chi connectivity index (χ1) is 4.16. The van der Waals surface area contributed by atoms with Gasteiger partial charge in [-0.2, -0.15) is 0 Å². The number of esters is 1. The van der Waals surface area contributed by atoms with Crippen LogP contribution in [-0.4, -0.2) is 30.8 Å². The van der Waals surface area contributed by atoms with Crippen molar-refractivity contribution in [3.8, 4) is 0 Å². The number of hydrogen-bond donors (Lipinski definition) is 0. The van der Waals surface area contributed by atoms with Crippen LogP contribution in [0, 0.1) is 0 Å². The zero-order chi connectivity index (χ0) is 7.28. The molecule has 0 rings (SSSR count). The highest BCUT2D eigenvalue weighted by Crippen LogP contribution is 1.86. The van der Waals surface area contributed by atoms with E-state index in [4.69, 9.17) is 4.74 Å². The molecule has 0 unspecified atom stereocenters. The summed E-state index contributed by atoms with van der Waals surface area (Å²) < 4.78 is 4.72. The van der Waals surface area contributed by atoms with Crippen LogP contribution in [0.3, 0.4) is 0 Å². The number of ether oxygens (including phenoxy) is 1. The summed E-state index contributed by atoms with van der Waals surface area (Å²) in [5.41, 5.74) is 0. The van der Waals surface area contributed by atoms with Crippen LogP contribution in [0.4, 0.5) is 0 Å². The van der Waals surface area contributed by atoms with E-state index in [0.29, 0.717) is 12.4 Å². The van der Waals surface area contributed by atoms with Crippen molar-refractivity contribution in [1.29, 1.82) is 0 Å². The number of hydrogen-bond acceptors (Lipinski definition) is 2. The number of halogens is 1. The molecule has 0 saturated heterocycles. The summed E-state index contributed by atoms with van der Waals surface area (Å²) >= 11 is 0. The molecule has 0 aromatic rings. The van der Waals surface area contributed by atoms with Crippen LogP contribution in [0.5, 0.6) is 0 Å². The minimum Gasteiger partial charge on any atom is -1.00 e. The van der Waals surface area contributed by atoms with E-state index in [1.54, 1.807) is 0 Å². The lowest BCUT2D eigenvalue weighted by molar-refractivity contribution is -0.139. The molecular weight excluding hydrogens is 216 g/mol. The topological polar surface area (TPSA) is 26.3 Å². The standard InChI is InChI=1S/C6H13O2S.BrH/c1-4-8-6(7)5-9(2)3;/h4-5H2,1-3H3;1H/q+1;/p-1. The summed E-state index contributed by atoms with van der Waals surface area (Å²) in [5.74, 6) is 0.485.